The number of carboxylic acids is 1. The predicted molar refractivity (Wildman–Crippen MR) is 102 cm³/mol. The zero-order valence-corrected chi connectivity index (χ0v) is 18.4. The standard InChI is InChI=1S/C17H33N2O8P/c1-16(2,3)26-28(23,27-17(4,5)6)25-12-24-15(22)19(11-14(20)21)10-13-8-7-9-18-13/h13,18H,7-12H2,1-6H3,(H,20,21)/t13-/m0/s1. The first-order valence-electron chi connectivity index (χ1n) is 9.22. The van der Waals surface area contributed by atoms with Crippen LogP contribution in [0, 0.1) is 0 Å². The number of hydrogen-bond acceptors (Lipinski definition) is 8. The lowest BCUT2D eigenvalue weighted by Crippen LogP contribution is -2.44. The summed E-state index contributed by atoms with van der Waals surface area (Å²) in [4.78, 5) is 24.4. The number of rotatable bonds is 9. The van der Waals surface area contributed by atoms with E-state index in [2.05, 4.69) is 5.32 Å². The van der Waals surface area contributed by atoms with Crippen LogP contribution in [0.4, 0.5) is 4.79 Å². The van der Waals surface area contributed by atoms with Crippen molar-refractivity contribution in [1.82, 2.24) is 10.2 Å². The van der Waals surface area contributed by atoms with Gasteiger partial charge in [0.15, 0.2) is 0 Å². The van der Waals surface area contributed by atoms with Crippen molar-refractivity contribution in [2.45, 2.75) is 71.6 Å². The quantitative estimate of drug-likeness (QED) is 0.424. The smallest absolute Gasteiger partial charge is 0.478 e. The Morgan fingerprint density at radius 3 is 2.14 bits per heavy atom. The van der Waals surface area contributed by atoms with Crippen LogP contribution in [0.15, 0.2) is 0 Å². The largest absolute Gasteiger partial charge is 0.480 e. The Hall–Kier alpha value is -1.19. The molecule has 1 aliphatic rings. The van der Waals surface area contributed by atoms with Crippen molar-refractivity contribution in [3.8, 4) is 0 Å². The Balaban J connectivity index is 2.68. The highest BCUT2D eigenvalue weighted by atomic mass is 31.2. The molecule has 1 saturated heterocycles. The minimum absolute atomic E-state index is 0.00682. The lowest BCUT2D eigenvalue weighted by atomic mass is 10.2. The summed E-state index contributed by atoms with van der Waals surface area (Å²) < 4.78 is 33.8. The summed E-state index contributed by atoms with van der Waals surface area (Å²) in [5.74, 6) is -1.16. The zero-order chi connectivity index (χ0) is 21.6. The van der Waals surface area contributed by atoms with E-state index in [9.17, 15) is 14.2 Å². The van der Waals surface area contributed by atoms with E-state index in [1.165, 1.54) is 0 Å². The van der Waals surface area contributed by atoms with E-state index in [0.29, 0.717) is 0 Å². The number of phosphoric ester groups is 1. The Labute approximate surface area is 166 Å². The molecule has 1 aliphatic heterocycles. The highest BCUT2D eigenvalue weighted by molar-refractivity contribution is 7.48. The van der Waals surface area contributed by atoms with Gasteiger partial charge in [-0.15, -0.1) is 0 Å². The third kappa shape index (κ3) is 10.4. The number of aliphatic carboxylic acids is 1. The third-order valence-electron chi connectivity index (χ3n) is 3.35. The van der Waals surface area contributed by atoms with Crippen molar-refractivity contribution in [1.29, 1.82) is 0 Å². The number of nitrogens with one attached hydrogen (secondary N) is 1. The van der Waals surface area contributed by atoms with Crippen molar-refractivity contribution < 1.29 is 37.6 Å². The van der Waals surface area contributed by atoms with Gasteiger partial charge < -0.3 is 15.2 Å². The molecular weight excluding hydrogens is 391 g/mol. The first-order chi connectivity index (χ1) is 12.7. The molecule has 0 saturated carbocycles. The topological polar surface area (TPSA) is 124 Å². The molecule has 1 amide bonds. The van der Waals surface area contributed by atoms with Crippen molar-refractivity contribution >= 4 is 19.9 Å². The van der Waals surface area contributed by atoms with Crippen LogP contribution in [-0.4, -0.2) is 65.7 Å². The summed E-state index contributed by atoms with van der Waals surface area (Å²) in [5.41, 5.74) is -1.65. The lowest BCUT2D eigenvalue weighted by molar-refractivity contribution is -0.138. The SMILES string of the molecule is CC(C)(C)OP(=O)(OCOC(=O)N(CC(=O)O)C[C@@H]1CCCN1)OC(C)(C)C. The van der Waals surface area contributed by atoms with Crippen molar-refractivity contribution in [3.05, 3.63) is 0 Å². The second-order valence-electron chi connectivity index (χ2n) is 8.58. The van der Waals surface area contributed by atoms with Gasteiger partial charge in [0.2, 0.25) is 6.79 Å². The Morgan fingerprint density at radius 2 is 1.71 bits per heavy atom. The van der Waals surface area contributed by atoms with E-state index in [0.717, 1.165) is 24.3 Å². The molecule has 0 aromatic rings. The molecule has 28 heavy (non-hydrogen) atoms. The molecule has 10 nitrogen and oxygen atoms in total. The minimum atomic E-state index is -4.03. The lowest BCUT2D eigenvalue weighted by Gasteiger charge is -2.31. The van der Waals surface area contributed by atoms with Gasteiger partial charge in [0.25, 0.3) is 0 Å². The van der Waals surface area contributed by atoms with Crippen LogP contribution in [0.3, 0.4) is 0 Å². The van der Waals surface area contributed by atoms with Gasteiger partial charge in [0.05, 0.1) is 11.2 Å². The molecule has 0 aromatic carbocycles. The maximum absolute atomic E-state index is 12.9. The van der Waals surface area contributed by atoms with Crippen LogP contribution in [0.1, 0.15) is 54.4 Å². The van der Waals surface area contributed by atoms with Crippen molar-refractivity contribution in [2.24, 2.45) is 0 Å². The second-order valence-corrected chi connectivity index (χ2v) is 10.1. The van der Waals surface area contributed by atoms with Gasteiger partial charge in [-0.1, -0.05) is 0 Å². The Bertz CT molecular complexity index is 559. The van der Waals surface area contributed by atoms with E-state index in [1.807, 2.05) is 0 Å². The number of nitrogens with zero attached hydrogens (tertiary/aromatic N) is 1. The first kappa shape index (κ1) is 24.8. The van der Waals surface area contributed by atoms with Crippen LogP contribution in [0.5, 0.6) is 0 Å². The van der Waals surface area contributed by atoms with E-state index < -0.39 is 44.4 Å². The minimum Gasteiger partial charge on any atom is -0.480 e. The molecule has 0 bridgehead atoms. The van der Waals surface area contributed by atoms with E-state index >= 15 is 0 Å². The van der Waals surface area contributed by atoms with E-state index in [4.69, 9.17) is 23.4 Å². The zero-order valence-electron chi connectivity index (χ0n) is 17.5. The fraction of sp³-hybridized carbons (Fsp3) is 0.882. The van der Waals surface area contributed by atoms with Crippen LogP contribution in [0.25, 0.3) is 0 Å². The van der Waals surface area contributed by atoms with Gasteiger partial charge in [-0.25, -0.2) is 13.9 Å². The summed E-state index contributed by atoms with van der Waals surface area (Å²) in [6.45, 7) is 9.92. The third-order valence-corrected chi connectivity index (χ3v) is 5.32. The molecule has 1 fully saturated rings. The van der Waals surface area contributed by atoms with Gasteiger partial charge in [-0.3, -0.25) is 18.7 Å². The normalized spacial score (nSPS) is 18.1. The summed E-state index contributed by atoms with van der Waals surface area (Å²) >= 11 is 0. The Kier molecular flexibility index (Phi) is 8.90. The fourth-order valence-electron chi connectivity index (χ4n) is 2.52. The molecule has 0 spiro atoms. The maximum Gasteiger partial charge on any atom is 0.478 e. The fourth-order valence-corrected chi connectivity index (χ4v) is 4.19. The molecule has 2 N–H and O–H groups in total. The maximum atomic E-state index is 12.9. The van der Waals surface area contributed by atoms with Crippen LogP contribution in [0.2, 0.25) is 0 Å². The van der Waals surface area contributed by atoms with Crippen molar-refractivity contribution in [3.63, 3.8) is 0 Å². The highest BCUT2D eigenvalue weighted by Gasteiger charge is 2.37. The molecule has 1 rings (SSSR count). The number of carbonyl (C=O) groups is 2. The van der Waals surface area contributed by atoms with Crippen LogP contribution < -0.4 is 5.32 Å². The number of carboxylic acid groups (broad SMARTS) is 1. The number of hydrogen-bond donors (Lipinski definition) is 2. The predicted octanol–water partition coefficient (Wildman–Crippen LogP) is 2.97. The average molecular weight is 424 g/mol. The Morgan fingerprint density at radius 1 is 1.14 bits per heavy atom. The molecule has 0 aliphatic carbocycles. The average Bonchev–Trinajstić information content (AvgIpc) is 2.94. The van der Waals surface area contributed by atoms with Crippen LogP contribution >= 0.6 is 7.82 Å². The van der Waals surface area contributed by atoms with E-state index in [-0.39, 0.29) is 12.6 Å². The molecule has 0 aromatic heterocycles. The monoisotopic (exact) mass is 424 g/mol. The summed E-state index contributed by atoms with van der Waals surface area (Å²) in [6.07, 6.45) is 0.920. The summed E-state index contributed by atoms with van der Waals surface area (Å²) in [5, 5.41) is 12.2. The molecule has 164 valence electrons. The number of amides is 1. The van der Waals surface area contributed by atoms with Gasteiger partial charge in [0, 0.05) is 12.6 Å². The molecule has 1 atom stereocenters. The molecular formula is C17H33N2O8P. The molecule has 0 unspecified atom stereocenters. The number of ether oxygens (including phenoxy) is 1. The van der Waals surface area contributed by atoms with Gasteiger partial charge in [0.1, 0.15) is 6.54 Å². The van der Waals surface area contributed by atoms with Gasteiger partial charge in [-0.2, -0.15) is 0 Å². The summed E-state index contributed by atoms with van der Waals surface area (Å²) in [7, 11) is -4.03. The van der Waals surface area contributed by atoms with E-state index in [1.54, 1.807) is 41.5 Å². The molecule has 1 heterocycles. The first-order valence-corrected chi connectivity index (χ1v) is 10.7. The highest BCUT2D eigenvalue weighted by Crippen LogP contribution is 2.55. The van der Waals surface area contributed by atoms with Gasteiger partial charge in [-0.05, 0) is 60.9 Å². The van der Waals surface area contributed by atoms with Crippen molar-refractivity contribution in [2.75, 3.05) is 26.4 Å². The number of phosphoric acid groups is 1. The summed E-state index contributed by atoms with van der Waals surface area (Å²) in [6, 6.07) is 0.00682. The second kappa shape index (κ2) is 10.0. The van der Waals surface area contributed by atoms with Crippen LogP contribution in [-0.2, 0) is 27.7 Å². The number of carbonyl (C=O) groups excluding carboxylic acids is 1. The molecule has 0 radical (unpaired) electrons. The van der Waals surface area contributed by atoms with Gasteiger partial charge >= 0.3 is 19.9 Å². The molecule has 11 heteroatoms.